The van der Waals surface area contributed by atoms with E-state index in [-0.39, 0.29) is 23.5 Å². The van der Waals surface area contributed by atoms with Gasteiger partial charge in [-0.2, -0.15) is 0 Å². The molecule has 11 heteroatoms. The summed E-state index contributed by atoms with van der Waals surface area (Å²) >= 11 is 13.9. The van der Waals surface area contributed by atoms with Gasteiger partial charge in [-0.25, -0.2) is 4.98 Å². The molecule has 0 atom stereocenters. The molecule has 2 fully saturated rings. The van der Waals surface area contributed by atoms with Crippen LogP contribution in [0.15, 0.2) is 53.6 Å². The molecule has 0 aliphatic carbocycles. The Balaban J connectivity index is 1.32. The number of likely N-dealkylation sites (tertiary alicyclic amines) is 1. The SMILES string of the molecule is CN1CCC(c2ccc(C(=O)NC(=N)c3nc(SCc4cc(Cl)ccc4Cl)ccc3N)c(NC3CCOCC3)c2)CC1. The molecule has 3 aromatic rings. The number of carbonyl (C=O) groups excluding carboxylic acids is 1. The standard InChI is InChI=1S/C31H36Cl2N6O2S/c1-39-12-8-19(9-13-39)20-2-4-24(27(17-20)36-23-10-14-41-15-11-23)31(40)38-30(35)29-26(34)6-7-28(37-29)42-18-21-16-22(32)3-5-25(21)33/h2-7,16-17,19,23,36H,8-15,18,34H2,1H3,(H2,35,38,40). The van der Waals surface area contributed by atoms with Crippen LogP contribution in [0.2, 0.25) is 10.0 Å². The van der Waals surface area contributed by atoms with Crippen molar-refractivity contribution in [3.05, 3.63) is 81.0 Å². The number of nitrogen functional groups attached to an aromatic ring is 1. The lowest BCUT2D eigenvalue weighted by atomic mass is 9.88. The monoisotopic (exact) mass is 626 g/mol. The number of aromatic nitrogens is 1. The minimum atomic E-state index is -0.380. The molecule has 8 nitrogen and oxygen atoms in total. The number of carbonyl (C=O) groups is 1. The maximum absolute atomic E-state index is 13.6. The quantitative estimate of drug-likeness (QED) is 0.129. The largest absolute Gasteiger partial charge is 0.397 e. The van der Waals surface area contributed by atoms with Gasteiger partial charge in [0.1, 0.15) is 5.69 Å². The van der Waals surface area contributed by atoms with Crippen molar-refractivity contribution in [3.8, 4) is 0 Å². The van der Waals surface area contributed by atoms with Gasteiger partial charge in [0.25, 0.3) is 5.91 Å². The number of thioether (sulfide) groups is 1. The molecule has 1 amide bonds. The third kappa shape index (κ3) is 7.76. The van der Waals surface area contributed by atoms with E-state index in [2.05, 4.69) is 39.7 Å². The number of amides is 1. The van der Waals surface area contributed by atoms with Crippen molar-refractivity contribution < 1.29 is 9.53 Å². The zero-order chi connectivity index (χ0) is 29.6. The lowest BCUT2D eigenvalue weighted by Gasteiger charge is -2.30. The van der Waals surface area contributed by atoms with E-state index in [1.165, 1.54) is 17.3 Å². The zero-order valence-electron chi connectivity index (χ0n) is 23.6. The van der Waals surface area contributed by atoms with Crippen LogP contribution in [0.4, 0.5) is 11.4 Å². The van der Waals surface area contributed by atoms with Gasteiger partial charge in [-0.1, -0.05) is 29.3 Å². The molecule has 42 heavy (non-hydrogen) atoms. The van der Waals surface area contributed by atoms with Crippen LogP contribution in [-0.2, 0) is 10.5 Å². The number of piperidine rings is 1. The van der Waals surface area contributed by atoms with E-state index in [1.54, 1.807) is 24.3 Å². The van der Waals surface area contributed by atoms with Gasteiger partial charge in [0.15, 0.2) is 5.84 Å². The van der Waals surface area contributed by atoms with Crippen molar-refractivity contribution in [1.29, 1.82) is 5.41 Å². The summed E-state index contributed by atoms with van der Waals surface area (Å²) < 4.78 is 5.53. The van der Waals surface area contributed by atoms with Crippen molar-refractivity contribution in [2.75, 3.05) is 44.4 Å². The second kappa shape index (κ2) is 14.1. The van der Waals surface area contributed by atoms with Crippen molar-refractivity contribution in [3.63, 3.8) is 0 Å². The summed E-state index contributed by atoms with van der Waals surface area (Å²) in [4.78, 5) is 20.5. The summed E-state index contributed by atoms with van der Waals surface area (Å²) in [5.41, 5.74) is 10.1. The Morgan fingerprint density at radius 1 is 1.10 bits per heavy atom. The molecule has 0 radical (unpaired) electrons. The predicted octanol–water partition coefficient (Wildman–Crippen LogP) is 6.42. The first kappa shape index (κ1) is 30.6. The van der Waals surface area contributed by atoms with Crippen molar-refractivity contribution in [2.45, 2.75) is 48.4 Å². The maximum atomic E-state index is 13.6. The van der Waals surface area contributed by atoms with E-state index in [0.717, 1.165) is 50.0 Å². The fourth-order valence-corrected chi connectivity index (χ4v) is 6.64. The average Bonchev–Trinajstić information content (AvgIpc) is 2.99. The van der Waals surface area contributed by atoms with Crippen LogP contribution in [0, 0.1) is 5.41 Å². The summed E-state index contributed by atoms with van der Waals surface area (Å²) in [7, 11) is 2.15. The second-order valence-electron chi connectivity index (χ2n) is 10.9. The first-order valence-electron chi connectivity index (χ1n) is 14.2. The zero-order valence-corrected chi connectivity index (χ0v) is 25.9. The highest BCUT2D eigenvalue weighted by Gasteiger charge is 2.23. The van der Waals surface area contributed by atoms with E-state index in [9.17, 15) is 4.79 Å². The van der Waals surface area contributed by atoms with Crippen LogP contribution >= 0.6 is 35.0 Å². The normalized spacial score (nSPS) is 16.7. The first-order valence-corrected chi connectivity index (χ1v) is 15.9. The highest BCUT2D eigenvalue weighted by Crippen LogP contribution is 2.32. The van der Waals surface area contributed by atoms with E-state index < -0.39 is 0 Å². The van der Waals surface area contributed by atoms with Gasteiger partial charge in [0.2, 0.25) is 0 Å². The van der Waals surface area contributed by atoms with Gasteiger partial charge < -0.3 is 26.0 Å². The van der Waals surface area contributed by atoms with Crippen molar-refractivity contribution in [1.82, 2.24) is 15.2 Å². The Kier molecular flexibility index (Phi) is 10.3. The maximum Gasteiger partial charge on any atom is 0.258 e. The molecule has 0 saturated carbocycles. The summed E-state index contributed by atoms with van der Waals surface area (Å²) in [6.45, 7) is 3.51. The first-order chi connectivity index (χ1) is 20.3. The van der Waals surface area contributed by atoms with Crippen molar-refractivity contribution >= 4 is 58.1 Å². The summed E-state index contributed by atoms with van der Waals surface area (Å²) in [6, 6.07) is 15.1. The molecule has 2 saturated heterocycles. The van der Waals surface area contributed by atoms with Crippen LogP contribution in [-0.4, -0.2) is 61.0 Å². The van der Waals surface area contributed by atoms with Gasteiger partial charge in [-0.05, 0) is 105 Å². The number of hydrogen-bond acceptors (Lipinski definition) is 8. The van der Waals surface area contributed by atoms with Crippen molar-refractivity contribution in [2.24, 2.45) is 0 Å². The molecule has 0 spiro atoms. The number of benzene rings is 2. The molecule has 0 bridgehead atoms. The minimum Gasteiger partial charge on any atom is -0.397 e. The summed E-state index contributed by atoms with van der Waals surface area (Å²) in [5.74, 6) is 0.463. The highest BCUT2D eigenvalue weighted by molar-refractivity contribution is 7.98. The molecule has 5 rings (SSSR count). The van der Waals surface area contributed by atoms with E-state index in [4.69, 9.17) is 39.1 Å². The number of nitrogens with two attached hydrogens (primary N) is 1. The summed E-state index contributed by atoms with van der Waals surface area (Å²) in [5, 5.41) is 16.9. The number of halogens is 2. The Morgan fingerprint density at radius 3 is 2.62 bits per heavy atom. The molecule has 222 valence electrons. The molecular formula is C31H36Cl2N6O2S. The van der Waals surface area contributed by atoms with Gasteiger partial charge in [0, 0.05) is 40.7 Å². The number of nitrogens with one attached hydrogen (secondary N) is 3. The Bertz CT molecular complexity index is 1440. The number of hydrogen-bond donors (Lipinski definition) is 4. The fraction of sp³-hybridized carbons (Fsp3) is 0.387. The van der Waals surface area contributed by atoms with Gasteiger partial charge in [-0.3, -0.25) is 10.2 Å². The van der Waals surface area contributed by atoms with Crippen LogP contribution in [0.3, 0.4) is 0 Å². The van der Waals surface area contributed by atoms with E-state index in [0.29, 0.717) is 51.2 Å². The smallest absolute Gasteiger partial charge is 0.258 e. The third-order valence-corrected chi connectivity index (χ3v) is 9.40. The Labute approximate surface area is 261 Å². The second-order valence-corrected chi connectivity index (χ2v) is 12.7. The van der Waals surface area contributed by atoms with E-state index >= 15 is 0 Å². The topological polar surface area (TPSA) is 116 Å². The van der Waals surface area contributed by atoms with Gasteiger partial charge in [-0.15, -0.1) is 11.8 Å². The fourth-order valence-electron chi connectivity index (χ4n) is 5.32. The molecule has 2 aliphatic rings. The Morgan fingerprint density at radius 2 is 1.86 bits per heavy atom. The lowest BCUT2D eigenvalue weighted by Crippen LogP contribution is -2.34. The van der Waals surface area contributed by atoms with Crippen LogP contribution in [0.5, 0.6) is 0 Å². The number of rotatable bonds is 8. The number of nitrogens with zero attached hydrogens (tertiary/aromatic N) is 2. The van der Waals surface area contributed by atoms with Gasteiger partial charge in [0.05, 0.1) is 16.3 Å². The van der Waals surface area contributed by atoms with E-state index in [1.807, 2.05) is 12.1 Å². The number of amidine groups is 1. The summed E-state index contributed by atoms with van der Waals surface area (Å²) in [6.07, 6.45) is 3.93. The molecule has 2 aliphatic heterocycles. The number of ether oxygens (including phenoxy) is 1. The number of pyridine rings is 1. The average molecular weight is 628 g/mol. The Hall–Kier alpha value is -2.82. The third-order valence-electron chi connectivity index (χ3n) is 7.82. The van der Waals surface area contributed by atoms with Crippen LogP contribution in [0.1, 0.15) is 58.8 Å². The van der Waals surface area contributed by atoms with Crippen LogP contribution in [0.25, 0.3) is 0 Å². The van der Waals surface area contributed by atoms with Crippen LogP contribution < -0.4 is 16.4 Å². The van der Waals surface area contributed by atoms with Gasteiger partial charge >= 0.3 is 0 Å². The molecule has 1 aromatic heterocycles. The molecule has 3 heterocycles. The molecular weight excluding hydrogens is 591 g/mol. The predicted molar refractivity (Wildman–Crippen MR) is 172 cm³/mol. The molecule has 5 N–H and O–H groups in total. The minimum absolute atomic E-state index is 0.155. The molecule has 0 unspecified atom stereocenters. The highest BCUT2D eigenvalue weighted by atomic mass is 35.5. The molecule has 2 aromatic carbocycles. The number of anilines is 2. The lowest BCUT2D eigenvalue weighted by molar-refractivity contribution is 0.0904.